The predicted molar refractivity (Wildman–Crippen MR) is 75.1 cm³/mol. The third kappa shape index (κ3) is 3.19. The van der Waals surface area contributed by atoms with Gasteiger partial charge in [-0.3, -0.25) is 19.9 Å². The topological polar surface area (TPSA) is 73.1 Å². The third-order valence-electron chi connectivity index (χ3n) is 2.80. The Bertz CT molecular complexity index is 686. The predicted octanol–water partition coefficient (Wildman–Crippen LogP) is 3.38. The van der Waals surface area contributed by atoms with E-state index in [-0.39, 0.29) is 17.9 Å². The molecule has 1 heterocycles. The van der Waals surface area contributed by atoms with E-state index in [0.29, 0.717) is 21.7 Å². The number of aromatic nitrogens is 1. The molecule has 0 N–H and O–H groups in total. The van der Waals surface area contributed by atoms with Gasteiger partial charge in [-0.25, -0.2) is 0 Å². The maximum absolute atomic E-state index is 12.2. The van der Waals surface area contributed by atoms with Gasteiger partial charge in [0.05, 0.1) is 9.95 Å². The van der Waals surface area contributed by atoms with Crippen LogP contribution < -0.4 is 0 Å². The molecular formula is C14H11ClN2O3. The summed E-state index contributed by atoms with van der Waals surface area (Å²) in [4.78, 5) is 26.3. The Labute approximate surface area is 120 Å². The Kier molecular flexibility index (Phi) is 4.10. The minimum absolute atomic E-state index is 0.0853. The van der Waals surface area contributed by atoms with Crippen LogP contribution in [0.1, 0.15) is 21.5 Å². The van der Waals surface area contributed by atoms with Gasteiger partial charge in [0.25, 0.3) is 5.69 Å². The summed E-state index contributed by atoms with van der Waals surface area (Å²) in [7, 11) is 0. The first-order valence-electron chi connectivity index (χ1n) is 5.85. The average molecular weight is 291 g/mol. The minimum atomic E-state index is -0.511. The molecule has 0 saturated heterocycles. The van der Waals surface area contributed by atoms with Gasteiger partial charge in [-0.15, -0.1) is 0 Å². The Hall–Kier alpha value is -2.27. The van der Waals surface area contributed by atoms with Gasteiger partial charge in [0.15, 0.2) is 5.78 Å². The number of halogens is 1. The van der Waals surface area contributed by atoms with E-state index in [1.807, 2.05) is 0 Å². The highest BCUT2D eigenvalue weighted by molar-refractivity contribution is 6.31. The number of aryl methyl sites for hydroxylation is 1. The number of nitro benzene ring substituents is 1. The van der Waals surface area contributed by atoms with E-state index >= 15 is 0 Å². The van der Waals surface area contributed by atoms with Crippen molar-refractivity contribution in [1.82, 2.24) is 4.98 Å². The highest BCUT2D eigenvalue weighted by Crippen LogP contribution is 2.20. The lowest BCUT2D eigenvalue weighted by molar-refractivity contribution is -0.384. The first kappa shape index (κ1) is 14.1. The summed E-state index contributed by atoms with van der Waals surface area (Å²) in [6.07, 6.45) is 3.10. The van der Waals surface area contributed by atoms with Crippen LogP contribution in [0.2, 0.25) is 5.02 Å². The lowest BCUT2D eigenvalue weighted by Crippen LogP contribution is -2.05. The molecule has 0 aliphatic carbocycles. The highest BCUT2D eigenvalue weighted by atomic mass is 35.5. The number of hydrogen-bond donors (Lipinski definition) is 0. The molecule has 0 radical (unpaired) electrons. The summed E-state index contributed by atoms with van der Waals surface area (Å²) in [6.45, 7) is 1.71. The molecular weight excluding hydrogens is 280 g/mol. The largest absolute Gasteiger partial charge is 0.294 e. The summed E-state index contributed by atoms with van der Waals surface area (Å²) in [5.41, 5.74) is 1.54. The van der Waals surface area contributed by atoms with Gasteiger partial charge in [0.1, 0.15) is 0 Å². The second-order valence-electron chi connectivity index (χ2n) is 4.38. The number of non-ortho nitro benzene ring substituents is 1. The van der Waals surface area contributed by atoms with Gasteiger partial charge in [-0.2, -0.15) is 0 Å². The Morgan fingerprint density at radius 2 is 2.15 bits per heavy atom. The summed E-state index contributed by atoms with van der Waals surface area (Å²) < 4.78 is 0. The van der Waals surface area contributed by atoms with Gasteiger partial charge in [0, 0.05) is 36.5 Å². The van der Waals surface area contributed by atoms with Crippen LogP contribution in [-0.2, 0) is 6.42 Å². The molecule has 20 heavy (non-hydrogen) atoms. The van der Waals surface area contributed by atoms with Crippen LogP contribution in [0.5, 0.6) is 0 Å². The van der Waals surface area contributed by atoms with Crippen LogP contribution >= 0.6 is 11.6 Å². The number of carbonyl (C=O) groups excluding carboxylic acids is 1. The molecule has 0 bridgehead atoms. The highest BCUT2D eigenvalue weighted by Gasteiger charge is 2.14. The van der Waals surface area contributed by atoms with Crippen LogP contribution in [0.15, 0.2) is 36.7 Å². The van der Waals surface area contributed by atoms with E-state index in [9.17, 15) is 14.9 Å². The molecule has 0 fully saturated rings. The van der Waals surface area contributed by atoms with Crippen molar-refractivity contribution in [3.05, 3.63) is 68.5 Å². The Morgan fingerprint density at radius 1 is 1.40 bits per heavy atom. The van der Waals surface area contributed by atoms with E-state index in [1.165, 1.54) is 18.3 Å². The molecule has 0 atom stereocenters. The lowest BCUT2D eigenvalue weighted by Gasteiger charge is -2.04. The third-order valence-corrected chi connectivity index (χ3v) is 3.14. The first-order chi connectivity index (χ1) is 9.47. The zero-order valence-corrected chi connectivity index (χ0v) is 11.4. The van der Waals surface area contributed by atoms with E-state index in [1.54, 1.807) is 25.3 Å². The van der Waals surface area contributed by atoms with Crippen molar-refractivity contribution in [1.29, 1.82) is 0 Å². The van der Waals surface area contributed by atoms with Crippen LogP contribution in [-0.4, -0.2) is 15.7 Å². The van der Waals surface area contributed by atoms with Crippen molar-refractivity contribution < 1.29 is 9.72 Å². The molecule has 0 spiro atoms. The first-order valence-corrected chi connectivity index (χ1v) is 6.23. The fourth-order valence-corrected chi connectivity index (χ4v) is 2.04. The number of benzene rings is 1. The summed E-state index contributed by atoms with van der Waals surface area (Å²) in [6, 6.07) is 6.00. The van der Waals surface area contributed by atoms with Crippen LogP contribution in [0.3, 0.4) is 0 Å². The van der Waals surface area contributed by atoms with Gasteiger partial charge < -0.3 is 0 Å². The zero-order valence-electron chi connectivity index (χ0n) is 10.7. The minimum Gasteiger partial charge on any atom is -0.294 e. The monoisotopic (exact) mass is 290 g/mol. The Morgan fingerprint density at radius 3 is 2.80 bits per heavy atom. The summed E-state index contributed by atoms with van der Waals surface area (Å²) in [5, 5.41) is 11.2. The van der Waals surface area contributed by atoms with Crippen molar-refractivity contribution in [2.45, 2.75) is 13.3 Å². The normalized spacial score (nSPS) is 10.3. The number of pyridine rings is 1. The molecule has 1 aromatic heterocycles. The number of rotatable bonds is 4. The molecule has 6 heteroatoms. The van der Waals surface area contributed by atoms with Crippen LogP contribution in [0.4, 0.5) is 5.69 Å². The molecule has 1 aromatic carbocycles. The molecule has 0 unspecified atom stereocenters. The second-order valence-corrected chi connectivity index (χ2v) is 4.79. The van der Waals surface area contributed by atoms with Crippen molar-refractivity contribution in [2.75, 3.05) is 0 Å². The molecule has 0 saturated carbocycles. The quantitative estimate of drug-likeness (QED) is 0.491. The number of carbonyl (C=O) groups is 1. The smallest absolute Gasteiger partial charge is 0.270 e. The van der Waals surface area contributed by atoms with E-state index in [4.69, 9.17) is 11.6 Å². The van der Waals surface area contributed by atoms with E-state index in [2.05, 4.69) is 4.98 Å². The van der Waals surface area contributed by atoms with Crippen molar-refractivity contribution in [2.24, 2.45) is 0 Å². The van der Waals surface area contributed by atoms with E-state index < -0.39 is 4.92 Å². The van der Waals surface area contributed by atoms with Crippen LogP contribution in [0, 0.1) is 17.0 Å². The zero-order chi connectivity index (χ0) is 14.7. The second kappa shape index (κ2) is 5.79. The van der Waals surface area contributed by atoms with Crippen molar-refractivity contribution >= 4 is 23.1 Å². The SMILES string of the molecule is Cc1cc(C(=O)Cc2ccncc2Cl)cc([N+](=O)[O-])c1. The molecule has 102 valence electrons. The number of nitro groups is 1. The maximum atomic E-state index is 12.2. The van der Waals surface area contributed by atoms with E-state index in [0.717, 1.165) is 0 Å². The standard InChI is InChI=1S/C14H11ClN2O3/c1-9-4-11(6-12(5-9)17(19)20)14(18)7-10-2-3-16-8-13(10)15/h2-6,8H,7H2,1H3. The van der Waals surface area contributed by atoms with Crippen molar-refractivity contribution in [3.63, 3.8) is 0 Å². The number of nitrogens with zero attached hydrogens (tertiary/aromatic N) is 2. The van der Waals surface area contributed by atoms with Gasteiger partial charge in [0.2, 0.25) is 0 Å². The summed E-state index contributed by atoms with van der Waals surface area (Å²) >= 11 is 5.95. The fraction of sp³-hybridized carbons (Fsp3) is 0.143. The molecule has 0 aliphatic heterocycles. The molecule has 5 nitrogen and oxygen atoms in total. The fourth-order valence-electron chi connectivity index (χ4n) is 1.85. The molecule has 2 rings (SSSR count). The average Bonchev–Trinajstić information content (AvgIpc) is 2.40. The number of Topliss-reactive ketones (excluding diaryl/α,β-unsaturated/α-hetero) is 1. The van der Waals surface area contributed by atoms with Crippen molar-refractivity contribution in [3.8, 4) is 0 Å². The molecule has 0 amide bonds. The molecule has 0 aliphatic rings. The number of ketones is 1. The summed E-state index contributed by atoms with van der Waals surface area (Å²) in [5.74, 6) is -0.218. The lowest BCUT2D eigenvalue weighted by atomic mass is 10.0. The Balaban J connectivity index is 2.30. The van der Waals surface area contributed by atoms with Crippen LogP contribution in [0.25, 0.3) is 0 Å². The van der Waals surface area contributed by atoms with Gasteiger partial charge in [-0.05, 0) is 30.2 Å². The number of hydrogen-bond acceptors (Lipinski definition) is 4. The maximum Gasteiger partial charge on any atom is 0.270 e. The van der Waals surface area contributed by atoms with Gasteiger partial charge >= 0.3 is 0 Å². The van der Waals surface area contributed by atoms with Gasteiger partial charge in [-0.1, -0.05) is 11.6 Å². The molecule has 2 aromatic rings.